The van der Waals surface area contributed by atoms with Gasteiger partial charge in [-0.2, -0.15) is 0 Å². The summed E-state index contributed by atoms with van der Waals surface area (Å²) < 4.78 is 6.04. The van der Waals surface area contributed by atoms with Crippen molar-refractivity contribution in [2.45, 2.75) is 76.5 Å². The van der Waals surface area contributed by atoms with Crippen molar-refractivity contribution in [3.05, 3.63) is 52.5 Å². The molecular weight excluding hydrogens is 612 g/mol. The lowest BCUT2D eigenvalue weighted by Gasteiger charge is -2.34. The molecule has 234 valence electrons. The van der Waals surface area contributed by atoms with Crippen molar-refractivity contribution in [1.82, 2.24) is 33.8 Å². The number of benzene rings is 2. The molecule has 0 spiro atoms. The monoisotopic (exact) mass is 658 g/mol. The Morgan fingerprint density at radius 1 is 0.614 bits per heavy atom. The average Bonchev–Trinajstić information content (AvgIpc) is 3.41. The van der Waals surface area contributed by atoms with Crippen LogP contribution in [0.1, 0.15) is 50.2 Å². The standard InChI is InChI=1S/C20H29N5.C15H18BrN3/c1-22-8-10-24(11-9-22)17-5-6-19-18(14-17)21-20-15-16-4-2-3-7-23(16)12-13-25(19)20;16-11-4-5-14-13(9-11)17-15-10-12-3-1-2-6-18(12)7-8-19(14)15/h5-6,14,16H,2-4,7-13,15H2,1H3;4-5,9,12H,1-3,6-8,10H2. The molecule has 8 nitrogen and oxygen atoms in total. The van der Waals surface area contributed by atoms with Crippen LogP contribution in [-0.2, 0) is 25.9 Å². The Morgan fingerprint density at radius 2 is 1.18 bits per heavy atom. The second kappa shape index (κ2) is 12.4. The average molecular weight is 660 g/mol. The maximum atomic E-state index is 5.07. The van der Waals surface area contributed by atoms with Gasteiger partial charge in [0.25, 0.3) is 0 Å². The molecule has 0 aliphatic carbocycles. The van der Waals surface area contributed by atoms with Crippen LogP contribution in [0.2, 0.25) is 0 Å². The van der Waals surface area contributed by atoms with Crippen molar-refractivity contribution in [2.75, 3.05) is 64.3 Å². The van der Waals surface area contributed by atoms with Gasteiger partial charge in [-0.3, -0.25) is 9.80 Å². The number of piperazine rings is 1. The third-order valence-electron chi connectivity index (χ3n) is 11.0. The van der Waals surface area contributed by atoms with E-state index in [1.807, 2.05) is 0 Å². The highest BCUT2D eigenvalue weighted by Gasteiger charge is 2.29. The number of likely N-dealkylation sites (N-methyl/N-ethyl adjacent to an activating group) is 1. The minimum atomic E-state index is 0.712. The van der Waals surface area contributed by atoms with E-state index in [1.54, 1.807) is 0 Å². The lowest BCUT2D eigenvalue weighted by molar-refractivity contribution is 0.152. The van der Waals surface area contributed by atoms with E-state index in [9.17, 15) is 0 Å². The molecule has 0 saturated carbocycles. The van der Waals surface area contributed by atoms with Crippen molar-refractivity contribution >= 4 is 43.7 Å². The molecular formula is C35H47BrN8. The maximum absolute atomic E-state index is 5.07. The van der Waals surface area contributed by atoms with Crippen LogP contribution in [-0.4, -0.2) is 105 Å². The molecule has 3 fully saturated rings. The van der Waals surface area contributed by atoms with Crippen LogP contribution in [0.3, 0.4) is 0 Å². The zero-order chi connectivity index (χ0) is 29.6. The number of hydrogen-bond donors (Lipinski definition) is 0. The van der Waals surface area contributed by atoms with Gasteiger partial charge in [0.05, 0.1) is 22.1 Å². The molecule has 0 radical (unpaired) electrons. The largest absolute Gasteiger partial charge is 0.369 e. The molecule has 5 aliphatic heterocycles. The van der Waals surface area contributed by atoms with E-state index >= 15 is 0 Å². The van der Waals surface area contributed by atoms with E-state index < -0.39 is 0 Å². The zero-order valence-electron chi connectivity index (χ0n) is 26.3. The van der Waals surface area contributed by atoms with Crippen LogP contribution in [0.25, 0.3) is 22.1 Å². The van der Waals surface area contributed by atoms with Gasteiger partial charge in [-0.05, 0) is 82.2 Å². The summed E-state index contributed by atoms with van der Waals surface area (Å²) in [5.41, 5.74) is 6.28. The second-order valence-electron chi connectivity index (χ2n) is 13.7. The van der Waals surface area contributed by atoms with Crippen LogP contribution in [0.5, 0.6) is 0 Å². The van der Waals surface area contributed by atoms with Gasteiger partial charge >= 0.3 is 0 Å². The first-order valence-electron chi connectivity index (χ1n) is 17.1. The van der Waals surface area contributed by atoms with Gasteiger partial charge < -0.3 is 18.9 Å². The molecule has 44 heavy (non-hydrogen) atoms. The van der Waals surface area contributed by atoms with Gasteiger partial charge in [-0.1, -0.05) is 28.8 Å². The van der Waals surface area contributed by atoms with E-state index in [-0.39, 0.29) is 0 Å². The molecule has 0 N–H and O–H groups in total. The molecule has 3 saturated heterocycles. The number of hydrogen-bond acceptors (Lipinski definition) is 6. The number of anilines is 1. The predicted octanol–water partition coefficient (Wildman–Crippen LogP) is 5.41. The Labute approximate surface area is 270 Å². The predicted molar refractivity (Wildman–Crippen MR) is 183 cm³/mol. The number of rotatable bonds is 1. The number of halogens is 1. The molecule has 0 bridgehead atoms. The first-order valence-corrected chi connectivity index (χ1v) is 17.9. The molecule has 2 atom stereocenters. The topological polar surface area (TPSA) is 48.6 Å². The fourth-order valence-electron chi connectivity index (χ4n) is 8.44. The first-order chi connectivity index (χ1) is 21.6. The Kier molecular flexibility index (Phi) is 8.16. The molecule has 5 aliphatic rings. The van der Waals surface area contributed by atoms with E-state index in [0.717, 1.165) is 68.1 Å². The number of fused-ring (bicyclic) bond motifs is 8. The number of piperidine rings is 2. The van der Waals surface area contributed by atoms with E-state index in [2.05, 4.69) is 88.1 Å². The van der Waals surface area contributed by atoms with Crippen LogP contribution in [0.15, 0.2) is 40.9 Å². The molecule has 2 unspecified atom stereocenters. The van der Waals surface area contributed by atoms with Crippen molar-refractivity contribution in [3.8, 4) is 0 Å². The van der Waals surface area contributed by atoms with Crippen LogP contribution >= 0.6 is 15.9 Å². The van der Waals surface area contributed by atoms with Crippen molar-refractivity contribution in [2.24, 2.45) is 0 Å². The third-order valence-corrected chi connectivity index (χ3v) is 11.5. The van der Waals surface area contributed by atoms with Gasteiger partial charge in [0, 0.05) is 87.4 Å². The van der Waals surface area contributed by atoms with Gasteiger partial charge in [0.15, 0.2) is 0 Å². The fourth-order valence-corrected chi connectivity index (χ4v) is 8.79. The van der Waals surface area contributed by atoms with E-state index in [1.165, 1.54) is 98.6 Å². The van der Waals surface area contributed by atoms with Crippen molar-refractivity contribution in [3.63, 3.8) is 0 Å². The van der Waals surface area contributed by atoms with Crippen molar-refractivity contribution in [1.29, 1.82) is 0 Å². The summed E-state index contributed by atoms with van der Waals surface area (Å²) in [6.07, 6.45) is 10.4. The highest BCUT2D eigenvalue weighted by molar-refractivity contribution is 9.10. The Hall–Kier alpha value is -2.46. The summed E-state index contributed by atoms with van der Waals surface area (Å²) in [7, 11) is 2.21. The van der Waals surface area contributed by atoms with Gasteiger partial charge in [-0.25, -0.2) is 9.97 Å². The normalized spacial score (nSPS) is 24.9. The summed E-state index contributed by atoms with van der Waals surface area (Å²) >= 11 is 3.54. The zero-order valence-corrected chi connectivity index (χ0v) is 27.9. The summed E-state index contributed by atoms with van der Waals surface area (Å²) in [5.74, 6) is 2.59. The highest BCUT2D eigenvalue weighted by Crippen LogP contribution is 2.30. The third kappa shape index (κ3) is 5.70. The minimum absolute atomic E-state index is 0.712. The van der Waals surface area contributed by atoms with Gasteiger partial charge in [0.2, 0.25) is 0 Å². The number of aromatic nitrogens is 4. The van der Waals surface area contributed by atoms with Crippen LogP contribution < -0.4 is 4.90 Å². The fraction of sp³-hybridized carbons (Fsp3) is 0.600. The summed E-state index contributed by atoms with van der Waals surface area (Å²) in [6.45, 7) is 11.6. The SMILES string of the molecule is Brc1ccc2c(c1)nc1n2CCN2CCCCC2C1.CN1CCN(c2ccc3c(c2)nc2n3CCN3CCCCC3C2)CC1. The number of imidazole rings is 2. The van der Waals surface area contributed by atoms with Crippen LogP contribution in [0.4, 0.5) is 5.69 Å². The molecule has 2 aromatic heterocycles. The minimum Gasteiger partial charge on any atom is -0.369 e. The lowest BCUT2D eigenvalue weighted by Crippen LogP contribution is -2.44. The van der Waals surface area contributed by atoms with Gasteiger partial charge in [0.1, 0.15) is 11.6 Å². The first kappa shape index (κ1) is 29.0. The second-order valence-corrected chi connectivity index (χ2v) is 14.7. The van der Waals surface area contributed by atoms with Crippen molar-refractivity contribution < 1.29 is 0 Å². The molecule has 4 aromatic rings. The smallest absolute Gasteiger partial charge is 0.111 e. The number of nitrogens with zero attached hydrogens (tertiary/aromatic N) is 8. The van der Waals surface area contributed by atoms with E-state index in [4.69, 9.17) is 9.97 Å². The summed E-state index contributed by atoms with van der Waals surface area (Å²) in [4.78, 5) is 20.2. The lowest BCUT2D eigenvalue weighted by atomic mass is 10.00. The Bertz CT molecular complexity index is 1620. The summed E-state index contributed by atoms with van der Waals surface area (Å²) in [6, 6.07) is 14.8. The Balaban J connectivity index is 0.000000136. The Morgan fingerprint density at radius 3 is 1.80 bits per heavy atom. The van der Waals surface area contributed by atoms with Gasteiger partial charge in [-0.15, -0.1) is 0 Å². The molecule has 0 amide bonds. The highest BCUT2D eigenvalue weighted by atomic mass is 79.9. The molecule has 7 heterocycles. The summed E-state index contributed by atoms with van der Waals surface area (Å²) in [5, 5.41) is 0. The van der Waals surface area contributed by atoms with E-state index in [0.29, 0.717) is 6.04 Å². The molecule has 2 aromatic carbocycles. The maximum Gasteiger partial charge on any atom is 0.111 e. The molecule has 9 heteroatoms. The molecule has 9 rings (SSSR count). The van der Waals surface area contributed by atoms with Crippen LogP contribution in [0, 0.1) is 0 Å². The quantitative estimate of drug-likeness (QED) is 0.273.